The number of hydrogen-bond donors (Lipinski definition) is 1. The Morgan fingerprint density at radius 3 is 2.16 bits per heavy atom. The van der Waals surface area contributed by atoms with Gasteiger partial charge in [0.15, 0.2) is 0 Å². The number of anilines is 1. The minimum absolute atomic E-state index is 0.531. The van der Waals surface area contributed by atoms with E-state index >= 15 is 0 Å². The van der Waals surface area contributed by atoms with Gasteiger partial charge < -0.3 is 5.73 Å². The van der Waals surface area contributed by atoms with Crippen molar-refractivity contribution in [2.45, 2.75) is 9.10 Å². The Morgan fingerprint density at radius 1 is 0.812 bits per heavy atom. The van der Waals surface area contributed by atoms with Crippen molar-refractivity contribution < 1.29 is 0 Å². The Kier molecular flexibility index (Phi) is 5.93. The van der Waals surface area contributed by atoms with E-state index in [1.165, 1.54) is 0 Å². The van der Waals surface area contributed by atoms with Crippen molar-refractivity contribution in [3.8, 4) is 27.5 Å². The van der Waals surface area contributed by atoms with Gasteiger partial charge in [-0.15, -0.1) is 0 Å². The highest BCUT2D eigenvalue weighted by Crippen LogP contribution is 2.42. The lowest BCUT2D eigenvalue weighted by molar-refractivity contribution is 0.881. The molecule has 0 unspecified atom stereocenters. The first-order chi connectivity index (χ1) is 15.6. The second kappa shape index (κ2) is 9.00. The van der Waals surface area contributed by atoms with E-state index < -0.39 is 0 Å². The molecule has 2 heterocycles. The molecule has 0 atom stereocenters. The average molecular weight is 495 g/mol. The van der Waals surface area contributed by atoms with Crippen molar-refractivity contribution in [3.63, 3.8) is 0 Å². The Labute approximate surface area is 203 Å². The number of halogens is 2. The van der Waals surface area contributed by atoms with Crippen LogP contribution in [0.4, 0.5) is 5.82 Å². The third-order valence-electron chi connectivity index (χ3n) is 4.80. The number of nitrogen functional groups attached to an aromatic ring is 1. The Morgan fingerprint density at radius 2 is 1.47 bits per heavy atom. The molecule has 2 aromatic heterocycles. The summed E-state index contributed by atoms with van der Waals surface area (Å²) in [7, 11) is 0. The summed E-state index contributed by atoms with van der Waals surface area (Å²) in [6, 6.07) is 25.4. The summed E-state index contributed by atoms with van der Waals surface area (Å²) in [5, 5.41) is 6.62. The molecule has 0 radical (unpaired) electrons. The lowest BCUT2D eigenvalue weighted by Crippen LogP contribution is -2.01. The molecular weight excluding hydrogens is 479 g/mol. The molecule has 8 heteroatoms. The number of aromatic nitrogens is 3. The van der Waals surface area contributed by atoms with E-state index in [1.807, 2.05) is 66.7 Å². The number of nitrogens with zero attached hydrogens (tertiary/aromatic N) is 3. The molecule has 0 amide bonds. The van der Waals surface area contributed by atoms with E-state index in [0.717, 1.165) is 31.5 Å². The van der Waals surface area contributed by atoms with Crippen LogP contribution in [0.2, 0.25) is 10.0 Å². The van der Waals surface area contributed by atoms with Crippen molar-refractivity contribution in [1.82, 2.24) is 14.8 Å². The van der Waals surface area contributed by atoms with Crippen LogP contribution < -0.4 is 5.73 Å². The summed E-state index contributed by atoms with van der Waals surface area (Å²) < 4.78 is 2.74. The highest BCUT2D eigenvalue weighted by Gasteiger charge is 2.19. The SMILES string of the molecule is Nc1c(-c2ccc(Cl)cc2)cnn1-c1nc(-c2ccccc2)c(Sc2ccc(Cl)cc2)s1. The fourth-order valence-electron chi connectivity index (χ4n) is 3.21. The molecular formula is C24H16Cl2N4S2. The molecule has 158 valence electrons. The second-order valence-electron chi connectivity index (χ2n) is 6.92. The van der Waals surface area contributed by atoms with Crippen molar-refractivity contribution in [2.75, 3.05) is 5.73 Å². The fraction of sp³-hybridized carbons (Fsp3) is 0. The first kappa shape index (κ1) is 21.1. The van der Waals surface area contributed by atoms with Gasteiger partial charge in [0.1, 0.15) is 5.82 Å². The maximum atomic E-state index is 6.49. The number of nitrogens with two attached hydrogens (primary N) is 1. The monoisotopic (exact) mass is 494 g/mol. The molecule has 5 aromatic rings. The van der Waals surface area contributed by atoms with Gasteiger partial charge in [-0.3, -0.25) is 0 Å². The molecule has 4 nitrogen and oxygen atoms in total. The van der Waals surface area contributed by atoms with Gasteiger partial charge in [-0.2, -0.15) is 9.78 Å². The van der Waals surface area contributed by atoms with Crippen LogP contribution in [0.25, 0.3) is 27.5 Å². The van der Waals surface area contributed by atoms with Gasteiger partial charge in [-0.05, 0) is 42.0 Å². The number of rotatable bonds is 5. The average Bonchev–Trinajstić information content (AvgIpc) is 3.40. The Balaban J connectivity index is 1.57. The van der Waals surface area contributed by atoms with Gasteiger partial charge in [-0.25, -0.2) is 4.98 Å². The minimum Gasteiger partial charge on any atom is -0.383 e. The van der Waals surface area contributed by atoms with Crippen LogP contribution in [0.3, 0.4) is 0 Å². The molecule has 3 aromatic carbocycles. The highest BCUT2D eigenvalue weighted by molar-refractivity contribution is 8.01. The molecule has 32 heavy (non-hydrogen) atoms. The number of hydrogen-bond acceptors (Lipinski definition) is 5. The Hall–Kier alpha value is -2.77. The van der Waals surface area contributed by atoms with Gasteiger partial charge in [0.05, 0.1) is 16.1 Å². The van der Waals surface area contributed by atoms with Gasteiger partial charge in [0.25, 0.3) is 0 Å². The fourth-order valence-corrected chi connectivity index (χ4v) is 5.68. The molecule has 0 aliphatic carbocycles. The molecule has 5 rings (SSSR count). The molecule has 0 spiro atoms. The lowest BCUT2D eigenvalue weighted by atomic mass is 10.1. The molecule has 0 aliphatic rings. The van der Waals surface area contributed by atoms with Crippen molar-refractivity contribution in [3.05, 3.63) is 95.1 Å². The zero-order valence-corrected chi connectivity index (χ0v) is 19.7. The van der Waals surface area contributed by atoms with Gasteiger partial charge in [-0.1, -0.05) is 88.8 Å². The van der Waals surface area contributed by atoms with Crippen LogP contribution in [0.5, 0.6) is 0 Å². The van der Waals surface area contributed by atoms with E-state index in [0.29, 0.717) is 21.0 Å². The van der Waals surface area contributed by atoms with E-state index in [1.54, 1.807) is 34.0 Å². The Bertz CT molecular complexity index is 1360. The van der Waals surface area contributed by atoms with Crippen LogP contribution in [0.1, 0.15) is 0 Å². The standard InChI is InChI=1S/C24H16Cl2N4S2/c25-17-8-6-15(7-9-17)20-14-28-30(22(20)27)24-29-21(16-4-2-1-3-5-16)23(32-24)31-19-12-10-18(26)11-13-19/h1-14H,27H2. The van der Waals surface area contributed by atoms with Gasteiger partial charge in [0.2, 0.25) is 5.13 Å². The van der Waals surface area contributed by atoms with Crippen LogP contribution in [0.15, 0.2) is 94.2 Å². The summed E-state index contributed by atoms with van der Waals surface area (Å²) in [5.74, 6) is 0.531. The first-order valence-corrected chi connectivity index (χ1v) is 12.1. The topological polar surface area (TPSA) is 56.7 Å². The summed E-state index contributed by atoms with van der Waals surface area (Å²) >= 11 is 15.3. The first-order valence-electron chi connectivity index (χ1n) is 9.68. The summed E-state index contributed by atoms with van der Waals surface area (Å²) in [6.45, 7) is 0. The normalized spacial score (nSPS) is 11.1. The molecule has 2 N–H and O–H groups in total. The number of benzene rings is 3. The zero-order chi connectivity index (χ0) is 22.1. The van der Waals surface area contributed by atoms with Gasteiger partial charge >= 0.3 is 0 Å². The van der Waals surface area contributed by atoms with E-state index in [-0.39, 0.29) is 0 Å². The van der Waals surface area contributed by atoms with Crippen LogP contribution in [-0.4, -0.2) is 14.8 Å². The zero-order valence-electron chi connectivity index (χ0n) is 16.6. The van der Waals surface area contributed by atoms with E-state index in [9.17, 15) is 0 Å². The molecule has 0 aliphatic heterocycles. The van der Waals surface area contributed by atoms with E-state index in [4.69, 9.17) is 33.9 Å². The molecule has 0 saturated heterocycles. The minimum atomic E-state index is 0.531. The van der Waals surface area contributed by atoms with Crippen molar-refractivity contribution in [2.24, 2.45) is 0 Å². The number of thiazole rings is 1. The van der Waals surface area contributed by atoms with Gasteiger partial charge in [0, 0.05) is 26.1 Å². The van der Waals surface area contributed by atoms with Crippen LogP contribution >= 0.6 is 46.3 Å². The summed E-state index contributed by atoms with van der Waals surface area (Å²) in [5.41, 5.74) is 10.2. The smallest absolute Gasteiger partial charge is 0.213 e. The predicted molar refractivity (Wildman–Crippen MR) is 135 cm³/mol. The van der Waals surface area contributed by atoms with Crippen molar-refractivity contribution in [1.29, 1.82) is 0 Å². The highest BCUT2D eigenvalue weighted by atomic mass is 35.5. The molecule has 0 fully saturated rings. The molecule has 0 bridgehead atoms. The largest absolute Gasteiger partial charge is 0.383 e. The van der Waals surface area contributed by atoms with Crippen LogP contribution in [0, 0.1) is 0 Å². The van der Waals surface area contributed by atoms with Crippen molar-refractivity contribution >= 4 is 52.1 Å². The van der Waals surface area contributed by atoms with Crippen LogP contribution in [-0.2, 0) is 0 Å². The summed E-state index contributed by atoms with van der Waals surface area (Å²) in [6.07, 6.45) is 1.76. The lowest BCUT2D eigenvalue weighted by Gasteiger charge is -2.02. The second-order valence-corrected chi connectivity index (χ2v) is 10.1. The third-order valence-corrected chi connectivity index (χ3v) is 7.52. The quantitative estimate of drug-likeness (QED) is 0.271. The maximum absolute atomic E-state index is 6.49. The van der Waals surface area contributed by atoms with E-state index in [2.05, 4.69) is 17.2 Å². The summed E-state index contributed by atoms with van der Waals surface area (Å²) in [4.78, 5) is 6.00. The third kappa shape index (κ3) is 4.27. The maximum Gasteiger partial charge on any atom is 0.213 e. The predicted octanol–water partition coefficient (Wildman–Crippen LogP) is 7.70. The molecule has 0 saturated carbocycles.